The Bertz CT molecular complexity index is 1070. The van der Waals surface area contributed by atoms with Crippen LogP contribution in [-0.2, 0) is 6.61 Å². The molecule has 138 valence electrons. The molecule has 0 aliphatic carbocycles. The van der Waals surface area contributed by atoms with E-state index >= 15 is 0 Å². The van der Waals surface area contributed by atoms with Crippen LogP contribution in [0.15, 0.2) is 51.1 Å². The number of aromatic nitrogens is 6. The van der Waals surface area contributed by atoms with E-state index in [9.17, 15) is 8.78 Å². The summed E-state index contributed by atoms with van der Waals surface area (Å²) in [5.74, 6) is 0.326. The van der Waals surface area contributed by atoms with Crippen LogP contribution >= 0.6 is 23.4 Å². The summed E-state index contributed by atoms with van der Waals surface area (Å²) in [6.07, 6.45) is -2.78. The fraction of sp³-hybridized carbons (Fsp3) is 0.133. The van der Waals surface area contributed by atoms with Crippen molar-refractivity contribution in [2.24, 2.45) is 0 Å². The van der Waals surface area contributed by atoms with Gasteiger partial charge in [-0.2, -0.15) is 9.61 Å². The predicted molar refractivity (Wildman–Crippen MR) is 89.9 cm³/mol. The second-order valence-corrected chi connectivity index (χ2v) is 6.51. The largest absolute Gasteiger partial charge is 0.484 e. The van der Waals surface area contributed by atoms with Gasteiger partial charge < -0.3 is 9.15 Å². The van der Waals surface area contributed by atoms with Gasteiger partial charge in [-0.3, -0.25) is 0 Å². The van der Waals surface area contributed by atoms with Gasteiger partial charge in [0.05, 0.1) is 0 Å². The first-order valence-corrected chi connectivity index (χ1v) is 8.67. The van der Waals surface area contributed by atoms with Crippen molar-refractivity contribution in [3.05, 3.63) is 53.1 Å². The van der Waals surface area contributed by atoms with Crippen LogP contribution in [0.4, 0.5) is 8.78 Å². The molecule has 0 saturated carbocycles. The molecule has 0 unspecified atom stereocenters. The van der Waals surface area contributed by atoms with Crippen LogP contribution in [0, 0.1) is 0 Å². The lowest BCUT2D eigenvalue weighted by atomic mass is 10.3. The third-order valence-corrected chi connectivity index (χ3v) is 4.29. The SMILES string of the molecule is FC(F)c1nnc2ccc(Sc3nnc(COc4ccc(Cl)cc4)o3)nn12. The Morgan fingerprint density at radius 2 is 1.89 bits per heavy atom. The molecule has 0 aliphatic rings. The van der Waals surface area contributed by atoms with Crippen LogP contribution in [0.5, 0.6) is 5.75 Å². The van der Waals surface area contributed by atoms with Crippen molar-refractivity contribution in [1.82, 2.24) is 30.0 Å². The lowest BCUT2D eigenvalue weighted by Crippen LogP contribution is -2.00. The Kier molecular flexibility index (Phi) is 4.86. The molecule has 0 radical (unpaired) electrons. The molecule has 0 atom stereocenters. The normalized spacial score (nSPS) is 11.4. The van der Waals surface area contributed by atoms with Crippen molar-refractivity contribution < 1.29 is 17.9 Å². The third-order valence-electron chi connectivity index (χ3n) is 3.27. The first kappa shape index (κ1) is 17.6. The first-order chi connectivity index (χ1) is 13.1. The molecule has 0 aliphatic heterocycles. The molecular weight excluding hydrogens is 402 g/mol. The van der Waals surface area contributed by atoms with Gasteiger partial charge in [-0.1, -0.05) is 11.6 Å². The molecule has 0 spiro atoms. The zero-order chi connectivity index (χ0) is 18.8. The van der Waals surface area contributed by atoms with Crippen LogP contribution in [0.2, 0.25) is 5.02 Å². The fourth-order valence-electron chi connectivity index (χ4n) is 2.08. The van der Waals surface area contributed by atoms with Crippen LogP contribution < -0.4 is 4.74 Å². The zero-order valence-electron chi connectivity index (χ0n) is 13.3. The standard InChI is InChI=1S/C15H9ClF2N6O2S/c16-8-1-3-9(4-2-8)25-7-11-20-22-15(26-11)27-12-6-5-10-19-21-14(13(17)18)24(10)23-12/h1-6,13H,7H2. The minimum atomic E-state index is -2.78. The molecule has 0 fully saturated rings. The summed E-state index contributed by atoms with van der Waals surface area (Å²) in [5.41, 5.74) is 0.220. The second-order valence-electron chi connectivity index (χ2n) is 5.11. The lowest BCUT2D eigenvalue weighted by molar-refractivity contribution is 0.137. The average Bonchev–Trinajstić information content (AvgIpc) is 3.28. The number of ether oxygens (including phenoxy) is 1. The van der Waals surface area contributed by atoms with E-state index in [-0.39, 0.29) is 23.4 Å². The summed E-state index contributed by atoms with van der Waals surface area (Å²) in [4.78, 5) is 0. The van der Waals surface area contributed by atoms with Gasteiger partial charge in [-0.15, -0.1) is 20.4 Å². The molecule has 12 heteroatoms. The smallest absolute Gasteiger partial charge is 0.299 e. The van der Waals surface area contributed by atoms with Gasteiger partial charge in [0, 0.05) is 5.02 Å². The number of halogens is 3. The number of benzene rings is 1. The molecule has 4 rings (SSSR count). The molecule has 0 bridgehead atoms. The summed E-state index contributed by atoms with van der Waals surface area (Å²) < 4.78 is 37.8. The number of alkyl halides is 2. The first-order valence-electron chi connectivity index (χ1n) is 7.47. The Morgan fingerprint density at radius 1 is 1.07 bits per heavy atom. The monoisotopic (exact) mass is 410 g/mol. The van der Waals surface area contributed by atoms with Crippen LogP contribution in [0.25, 0.3) is 5.65 Å². The van der Waals surface area contributed by atoms with E-state index in [4.69, 9.17) is 20.8 Å². The van der Waals surface area contributed by atoms with Gasteiger partial charge in [0.1, 0.15) is 10.8 Å². The van der Waals surface area contributed by atoms with E-state index in [0.717, 1.165) is 16.3 Å². The maximum Gasteiger partial charge on any atom is 0.299 e. The Morgan fingerprint density at radius 3 is 2.67 bits per heavy atom. The van der Waals surface area contributed by atoms with E-state index in [2.05, 4.69) is 25.5 Å². The highest BCUT2D eigenvalue weighted by Gasteiger charge is 2.18. The quantitative estimate of drug-likeness (QED) is 0.473. The number of nitrogens with zero attached hydrogens (tertiary/aromatic N) is 6. The minimum Gasteiger partial charge on any atom is -0.484 e. The van der Waals surface area contributed by atoms with Crippen LogP contribution in [0.3, 0.4) is 0 Å². The molecule has 3 aromatic heterocycles. The number of hydrogen-bond donors (Lipinski definition) is 0. The number of rotatable bonds is 6. The van der Waals surface area contributed by atoms with Crippen molar-refractivity contribution in [3.63, 3.8) is 0 Å². The molecule has 4 aromatic rings. The summed E-state index contributed by atoms with van der Waals surface area (Å²) >= 11 is 6.83. The summed E-state index contributed by atoms with van der Waals surface area (Å²) in [6.45, 7) is 0.0721. The van der Waals surface area contributed by atoms with E-state index < -0.39 is 12.2 Å². The van der Waals surface area contributed by atoms with Crippen molar-refractivity contribution >= 4 is 29.0 Å². The van der Waals surface area contributed by atoms with Crippen LogP contribution in [0.1, 0.15) is 18.1 Å². The Labute approximate surface area is 159 Å². The molecule has 0 amide bonds. The Balaban J connectivity index is 1.45. The molecule has 3 heterocycles. The van der Waals surface area contributed by atoms with E-state index in [1.54, 1.807) is 30.3 Å². The van der Waals surface area contributed by atoms with E-state index in [0.29, 0.717) is 15.8 Å². The number of hydrogen-bond acceptors (Lipinski definition) is 8. The molecule has 8 nitrogen and oxygen atoms in total. The van der Waals surface area contributed by atoms with Gasteiger partial charge in [0.2, 0.25) is 5.82 Å². The van der Waals surface area contributed by atoms with Crippen molar-refractivity contribution in [2.75, 3.05) is 0 Å². The predicted octanol–water partition coefficient (Wildman–Crippen LogP) is 3.83. The number of fused-ring (bicyclic) bond motifs is 1. The second kappa shape index (κ2) is 7.45. The molecule has 0 N–H and O–H groups in total. The highest BCUT2D eigenvalue weighted by atomic mass is 35.5. The van der Waals surface area contributed by atoms with Crippen molar-refractivity contribution in [2.45, 2.75) is 23.3 Å². The van der Waals surface area contributed by atoms with E-state index in [1.807, 2.05) is 0 Å². The molecule has 27 heavy (non-hydrogen) atoms. The van der Waals surface area contributed by atoms with Crippen LogP contribution in [-0.4, -0.2) is 30.0 Å². The fourth-order valence-corrected chi connectivity index (χ4v) is 2.87. The highest BCUT2D eigenvalue weighted by Crippen LogP contribution is 2.26. The molecule has 1 aromatic carbocycles. The average molecular weight is 411 g/mol. The lowest BCUT2D eigenvalue weighted by Gasteiger charge is -2.02. The van der Waals surface area contributed by atoms with Gasteiger partial charge in [-0.05, 0) is 48.2 Å². The molecular formula is C15H9ClF2N6O2S. The topological polar surface area (TPSA) is 91.2 Å². The maximum atomic E-state index is 12.9. The third kappa shape index (κ3) is 3.98. The van der Waals surface area contributed by atoms with Gasteiger partial charge in [0.15, 0.2) is 12.3 Å². The minimum absolute atomic E-state index is 0.0721. The maximum absolute atomic E-state index is 12.9. The zero-order valence-corrected chi connectivity index (χ0v) is 14.9. The molecule has 0 saturated heterocycles. The van der Waals surface area contributed by atoms with E-state index in [1.165, 1.54) is 6.07 Å². The Hall–Kier alpha value is -2.79. The van der Waals surface area contributed by atoms with Crippen molar-refractivity contribution in [3.8, 4) is 5.75 Å². The van der Waals surface area contributed by atoms with Gasteiger partial charge >= 0.3 is 0 Å². The highest BCUT2D eigenvalue weighted by molar-refractivity contribution is 7.99. The van der Waals surface area contributed by atoms with Gasteiger partial charge in [-0.25, -0.2) is 8.78 Å². The summed E-state index contributed by atoms with van der Waals surface area (Å²) in [6, 6.07) is 9.95. The summed E-state index contributed by atoms with van der Waals surface area (Å²) in [5, 5.41) is 20.1. The van der Waals surface area contributed by atoms with Gasteiger partial charge in [0.25, 0.3) is 17.5 Å². The van der Waals surface area contributed by atoms with Crippen molar-refractivity contribution in [1.29, 1.82) is 0 Å². The summed E-state index contributed by atoms with van der Waals surface area (Å²) in [7, 11) is 0.